The Labute approximate surface area is 104 Å². The zero-order chi connectivity index (χ0) is 12.5. The Kier molecular flexibility index (Phi) is 2.48. The summed E-state index contributed by atoms with van der Waals surface area (Å²) in [6, 6.07) is 7.79. The molecule has 2 heterocycles. The third-order valence-electron chi connectivity index (χ3n) is 3.13. The standard InChI is InChI=1S/C14H13N3O/c1-10-3-2-4-13-12(10)5-6-17(14(13)18)8-11-7-15-9-16-11/h2-7,9H,8H2,1H3,(H,15,16). The summed E-state index contributed by atoms with van der Waals surface area (Å²) in [5.74, 6) is 0. The highest BCUT2D eigenvalue weighted by Crippen LogP contribution is 2.14. The SMILES string of the molecule is Cc1cccc2c(=O)n(Cc3cnc[nH]3)ccc12. The van der Waals surface area contributed by atoms with Gasteiger partial charge in [0.2, 0.25) is 0 Å². The number of hydrogen-bond acceptors (Lipinski definition) is 2. The Hall–Kier alpha value is -2.36. The Bertz CT molecular complexity index is 741. The van der Waals surface area contributed by atoms with E-state index in [1.54, 1.807) is 17.1 Å². The minimum absolute atomic E-state index is 0.0331. The number of nitrogens with zero attached hydrogens (tertiary/aromatic N) is 2. The molecule has 1 N–H and O–H groups in total. The number of aromatic nitrogens is 3. The molecule has 3 aromatic rings. The Morgan fingerprint density at radius 2 is 2.17 bits per heavy atom. The van der Waals surface area contributed by atoms with Gasteiger partial charge in [-0.15, -0.1) is 0 Å². The van der Waals surface area contributed by atoms with Crippen molar-refractivity contribution in [2.75, 3.05) is 0 Å². The summed E-state index contributed by atoms with van der Waals surface area (Å²) in [5, 5.41) is 1.78. The Morgan fingerprint density at radius 3 is 2.94 bits per heavy atom. The molecule has 0 saturated heterocycles. The van der Waals surface area contributed by atoms with E-state index in [9.17, 15) is 4.79 Å². The predicted octanol–water partition coefficient (Wildman–Crippen LogP) is 2.08. The fourth-order valence-electron chi connectivity index (χ4n) is 2.15. The number of rotatable bonds is 2. The lowest BCUT2D eigenvalue weighted by molar-refractivity contribution is 0.751. The molecule has 0 aliphatic carbocycles. The first-order valence-corrected chi connectivity index (χ1v) is 5.82. The van der Waals surface area contributed by atoms with E-state index in [-0.39, 0.29) is 5.56 Å². The summed E-state index contributed by atoms with van der Waals surface area (Å²) in [4.78, 5) is 19.3. The fourth-order valence-corrected chi connectivity index (χ4v) is 2.15. The van der Waals surface area contributed by atoms with E-state index in [0.29, 0.717) is 6.54 Å². The summed E-state index contributed by atoms with van der Waals surface area (Å²) >= 11 is 0. The molecule has 0 atom stereocenters. The minimum atomic E-state index is 0.0331. The van der Waals surface area contributed by atoms with Crippen LogP contribution in [-0.4, -0.2) is 14.5 Å². The van der Waals surface area contributed by atoms with E-state index < -0.39 is 0 Å². The zero-order valence-corrected chi connectivity index (χ0v) is 10.1. The quantitative estimate of drug-likeness (QED) is 0.744. The van der Waals surface area contributed by atoms with E-state index >= 15 is 0 Å². The van der Waals surface area contributed by atoms with E-state index in [4.69, 9.17) is 0 Å². The van der Waals surface area contributed by atoms with Gasteiger partial charge in [0.1, 0.15) is 0 Å². The smallest absolute Gasteiger partial charge is 0.258 e. The van der Waals surface area contributed by atoms with Crippen molar-refractivity contribution in [1.82, 2.24) is 14.5 Å². The molecule has 18 heavy (non-hydrogen) atoms. The summed E-state index contributed by atoms with van der Waals surface area (Å²) in [5.41, 5.74) is 2.08. The number of H-pyrrole nitrogens is 1. The maximum absolute atomic E-state index is 12.3. The molecule has 90 valence electrons. The van der Waals surface area contributed by atoms with Crippen molar-refractivity contribution < 1.29 is 0 Å². The Balaban J connectivity index is 2.15. The highest BCUT2D eigenvalue weighted by atomic mass is 16.1. The third kappa shape index (κ3) is 1.72. The normalized spacial score (nSPS) is 10.9. The van der Waals surface area contributed by atoms with Crippen LogP contribution in [0.2, 0.25) is 0 Å². The van der Waals surface area contributed by atoms with Crippen LogP contribution in [0.5, 0.6) is 0 Å². The number of aryl methyl sites for hydroxylation is 1. The molecule has 0 bridgehead atoms. The van der Waals surface area contributed by atoms with Gasteiger partial charge in [0.15, 0.2) is 0 Å². The second-order valence-corrected chi connectivity index (χ2v) is 4.36. The molecule has 0 radical (unpaired) electrons. The van der Waals surface area contributed by atoms with E-state index in [2.05, 4.69) is 9.97 Å². The largest absolute Gasteiger partial charge is 0.347 e. The highest BCUT2D eigenvalue weighted by molar-refractivity contribution is 5.84. The van der Waals surface area contributed by atoms with Crippen LogP contribution in [0.15, 0.2) is 47.8 Å². The van der Waals surface area contributed by atoms with Crippen LogP contribution in [0.25, 0.3) is 10.8 Å². The van der Waals surface area contributed by atoms with Gasteiger partial charge in [0, 0.05) is 17.8 Å². The van der Waals surface area contributed by atoms with Gasteiger partial charge in [-0.25, -0.2) is 4.98 Å². The molecule has 0 unspecified atom stereocenters. The first-order chi connectivity index (χ1) is 8.75. The number of hydrogen-bond donors (Lipinski definition) is 1. The molecule has 0 fully saturated rings. The summed E-state index contributed by atoms with van der Waals surface area (Å²) in [6.07, 6.45) is 5.18. The second-order valence-electron chi connectivity index (χ2n) is 4.36. The van der Waals surface area contributed by atoms with Crippen LogP contribution in [0.3, 0.4) is 0 Å². The van der Waals surface area contributed by atoms with Crippen LogP contribution in [0.1, 0.15) is 11.3 Å². The fraction of sp³-hybridized carbons (Fsp3) is 0.143. The molecule has 4 heteroatoms. The van der Waals surface area contributed by atoms with Crippen LogP contribution in [0.4, 0.5) is 0 Å². The first-order valence-electron chi connectivity index (χ1n) is 5.82. The van der Waals surface area contributed by atoms with Crippen molar-refractivity contribution >= 4 is 10.8 Å². The van der Waals surface area contributed by atoms with Crippen molar-refractivity contribution in [3.8, 4) is 0 Å². The van der Waals surface area contributed by atoms with Crippen molar-refractivity contribution in [2.45, 2.75) is 13.5 Å². The van der Waals surface area contributed by atoms with E-state index in [1.165, 1.54) is 0 Å². The highest BCUT2D eigenvalue weighted by Gasteiger charge is 2.05. The molecular formula is C14H13N3O. The van der Waals surface area contributed by atoms with Gasteiger partial charge in [-0.1, -0.05) is 12.1 Å². The number of benzene rings is 1. The molecule has 1 aromatic carbocycles. The monoisotopic (exact) mass is 239 g/mol. The number of nitrogens with one attached hydrogen (secondary N) is 1. The zero-order valence-electron chi connectivity index (χ0n) is 10.1. The maximum Gasteiger partial charge on any atom is 0.258 e. The van der Waals surface area contributed by atoms with Crippen molar-refractivity contribution in [2.24, 2.45) is 0 Å². The number of fused-ring (bicyclic) bond motifs is 1. The average Bonchev–Trinajstić information content (AvgIpc) is 2.86. The van der Waals surface area contributed by atoms with Crippen molar-refractivity contribution in [3.05, 3.63) is 64.6 Å². The Morgan fingerprint density at radius 1 is 1.28 bits per heavy atom. The minimum Gasteiger partial charge on any atom is -0.347 e. The molecule has 4 nitrogen and oxygen atoms in total. The summed E-state index contributed by atoms with van der Waals surface area (Å²) in [6.45, 7) is 2.53. The molecule has 3 rings (SSSR count). The predicted molar refractivity (Wildman–Crippen MR) is 70.6 cm³/mol. The van der Waals surface area contributed by atoms with Crippen molar-refractivity contribution in [1.29, 1.82) is 0 Å². The van der Waals surface area contributed by atoms with Gasteiger partial charge in [0.25, 0.3) is 5.56 Å². The molecule has 0 aliphatic heterocycles. The van der Waals surface area contributed by atoms with Gasteiger partial charge in [-0.2, -0.15) is 0 Å². The summed E-state index contributed by atoms with van der Waals surface area (Å²) in [7, 11) is 0. The van der Waals surface area contributed by atoms with Crippen LogP contribution >= 0.6 is 0 Å². The van der Waals surface area contributed by atoms with Crippen molar-refractivity contribution in [3.63, 3.8) is 0 Å². The summed E-state index contributed by atoms with van der Waals surface area (Å²) < 4.78 is 1.69. The number of imidazole rings is 1. The van der Waals surface area contributed by atoms with Crippen LogP contribution in [-0.2, 0) is 6.54 Å². The van der Waals surface area contributed by atoms with Gasteiger partial charge in [-0.05, 0) is 30.0 Å². The van der Waals surface area contributed by atoms with E-state index in [1.807, 2.05) is 37.4 Å². The first kappa shape index (κ1) is 10.8. The number of aromatic amines is 1. The molecular weight excluding hydrogens is 226 g/mol. The van der Waals surface area contributed by atoms with Gasteiger partial charge < -0.3 is 9.55 Å². The van der Waals surface area contributed by atoms with Crippen LogP contribution < -0.4 is 5.56 Å². The molecule has 0 amide bonds. The van der Waals surface area contributed by atoms with Gasteiger partial charge in [0.05, 0.1) is 18.6 Å². The molecule has 0 spiro atoms. The molecule has 0 saturated carbocycles. The van der Waals surface area contributed by atoms with Gasteiger partial charge >= 0.3 is 0 Å². The maximum atomic E-state index is 12.3. The lowest BCUT2D eigenvalue weighted by Gasteiger charge is -2.07. The molecule has 2 aromatic heterocycles. The topological polar surface area (TPSA) is 50.7 Å². The molecule has 0 aliphatic rings. The lowest BCUT2D eigenvalue weighted by atomic mass is 10.1. The van der Waals surface area contributed by atoms with Crippen LogP contribution in [0, 0.1) is 6.92 Å². The van der Waals surface area contributed by atoms with Gasteiger partial charge in [-0.3, -0.25) is 4.79 Å². The number of pyridine rings is 1. The lowest BCUT2D eigenvalue weighted by Crippen LogP contribution is -2.20. The second kappa shape index (κ2) is 4.14. The average molecular weight is 239 g/mol. The third-order valence-corrected chi connectivity index (χ3v) is 3.13. The van der Waals surface area contributed by atoms with E-state index in [0.717, 1.165) is 22.0 Å².